The number of aryl methyl sites for hydroxylation is 1. The van der Waals surface area contributed by atoms with E-state index in [2.05, 4.69) is 15.3 Å². The highest BCUT2D eigenvalue weighted by Crippen LogP contribution is 2.46. The maximum Gasteiger partial charge on any atom is 0.422 e. The lowest BCUT2D eigenvalue weighted by molar-refractivity contribution is -0.154. The number of unbranched alkanes of at least 4 members (excludes halogenated alkanes) is 3. The van der Waals surface area contributed by atoms with Crippen molar-refractivity contribution in [1.82, 2.24) is 14.9 Å². The summed E-state index contributed by atoms with van der Waals surface area (Å²) in [6, 6.07) is 14.5. The van der Waals surface area contributed by atoms with Crippen LogP contribution >= 0.6 is 0 Å². The second kappa shape index (κ2) is 19.8. The van der Waals surface area contributed by atoms with Gasteiger partial charge in [-0.15, -0.1) is 0 Å². The molecule has 2 atom stereocenters. The Balaban J connectivity index is 1.43. The molecule has 4 aromatic carbocycles. The molecule has 5 aromatic rings. The Bertz CT molecular complexity index is 2520. The smallest absolute Gasteiger partial charge is 0.422 e. The maximum atomic E-state index is 18.1. The summed E-state index contributed by atoms with van der Waals surface area (Å²) in [6.45, 7) is 3.40. The van der Waals surface area contributed by atoms with Crippen molar-refractivity contribution in [3.05, 3.63) is 83.4 Å². The van der Waals surface area contributed by atoms with Gasteiger partial charge in [0.1, 0.15) is 41.4 Å². The van der Waals surface area contributed by atoms with Crippen LogP contribution in [-0.2, 0) is 32.0 Å². The first-order valence-electron chi connectivity index (χ1n) is 21.3. The number of halogens is 5. The van der Waals surface area contributed by atoms with E-state index in [9.17, 15) is 27.6 Å². The molecule has 0 saturated carbocycles. The highest BCUT2D eigenvalue weighted by molar-refractivity contribution is 6.08. The van der Waals surface area contributed by atoms with E-state index in [1.54, 1.807) is 67.0 Å². The third kappa shape index (κ3) is 11.2. The number of hydrogen-bond acceptors (Lipinski definition) is 11. The van der Waals surface area contributed by atoms with E-state index in [1.165, 1.54) is 31.4 Å². The van der Waals surface area contributed by atoms with Crippen molar-refractivity contribution in [3.8, 4) is 22.9 Å². The summed E-state index contributed by atoms with van der Waals surface area (Å²) in [7, 11) is 1.41. The average molecular weight is 908 g/mol. The third-order valence-electron chi connectivity index (χ3n) is 11.1. The summed E-state index contributed by atoms with van der Waals surface area (Å²) in [5.74, 6) is -1.53. The molecule has 65 heavy (non-hydrogen) atoms. The molecule has 7 rings (SSSR count). The Labute approximate surface area is 372 Å². The zero-order chi connectivity index (χ0) is 46.5. The Morgan fingerprint density at radius 2 is 1.66 bits per heavy atom. The van der Waals surface area contributed by atoms with Crippen LogP contribution < -0.4 is 19.7 Å². The number of carbonyl (C=O) groups excluding carboxylic acids is 3. The molecule has 0 aliphatic carbocycles. The van der Waals surface area contributed by atoms with E-state index in [1.807, 2.05) is 0 Å². The molecule has 2 aliphatic rings. The molecule has 2 aliphatic heterocycles. The molecule has 3 heterocycles. The molecular weight excluding hydrogens is 858 g/mol. The molecule has 1 aromatic heterocycles. The highest BCUT2D eigenvalue weighted by atomic mass is 19.4. The highest BCUT2D eigenvalue weighted by Gasteiger charge is 2.45. The van der Waals surface area contributed by atoms with Gasteiger partial charge in [0, 0.05) is 37.6 Å². The number of anilines is 2. The number of amides is 2. The zero-order valence-corrected chi connectivity index (χ0v) is 36.4. The molecule has 0 unspecified atom stereocenters. The SMILES string of the molecule is COCOc1cc(-c2c(NC(=O)OCc3ccccc3)cc3c(N4C[C@H]5CC[C@@H](C4)N5C(=O)OC(C)(C)C)nc(OCC(F)(F)F)nc3c2F)c2c(CCCCCC=O)c(F)ccc2c1. The molecule has 346 valence electrons. The molecular formula is C47H50F5N5O8. The number of hydrogen-bond donors (Lipinski definition) is 1. The van der Waals surface area contributed by atoms with Gasteiger partial charge in [0.15, 0.2) is 19.2 Å². The number of aromatic nitrogens is 2. The van der Waals surface area contributed by atoms with Gasteiger partial charge >= 0.3 is 24.4 Å². The summed E-state index contributed by atoms with van der Waals surface area (Å²) in [5, 5.41) is 3.38. The second-order valence-corrected chi connectivity index (χ2v) is 17.0. The maximum absolute atomic E-state index is 18.1. The van der Waals surface area contributed by atoms with Gasteiger partial charge in [-0.3, -0.25) is 10.2 Å². The first-order valence-corrected chi connectivity index (χ1v) is 21.3. The lowest BCUT2D eigenvalue weighted by atomic mass is 9.90. The minimum absolute atomic E-state index is 0.00763. The predicted molar refractivity (Wildman–Crippen MR) is 232 cm³/mol. The van der Waals surface area contributed by atoms with E-state index in [0.717, 1.165) is 6.29 Å². The van der Waals surface area contributed by atoms with E-state index in [0.29, 0.717) is 49.5 Å². The number of carbonyl (C=O) groups is 3. The van der Waals surface area contributed by atoms with Crippen LogP contribution in [0.25, 0.3) is 32.8 Å². The fourth-order valence-electron chi connectivity index (χ4n) is 8.41. The van der Waals surface area contributed by atoms with Crippen molar-refractivity contribution in [2.45, 2.75) is 96.2 Å². The fraction of sp³-hybridized carbons (Fsp3) is 0.426. The van der Waals surface area contributed by atoms with Crippen LogP contribution in [0.5, 0.6) is 11.8 Å². The number of fused-ring (bicyclic) bond motifs is 4. The van der Waals surface area contributed by atoms with Gasteiger partial charge in [0.2, 0.25) is 0 Å². The van der Waals surface area contributed by atoms with Crippen LogP contribution in [0.15, 0.2) is 60.7 Å². The zero-order valence-electron chi connectivity index (χ0n) is 36.4. The molecule has 2 bridgehead atoms. The Morgan fingerprint density at radius 1 is 0.923 bits per heavy atom. The van der Waals surface area contributed by atoms with E-state index >= 15 is 8.78 Å². The minimum atomic E-state index is -4.80. The van der Waals surface area contributed by atoms with Gasteiger partial charge in [0.25, 0.3) is 0 Å². The second-order valence-electron chi connectivity index (χ2n) is 17.0. The van der Waals surface area contributed by atoms with E-state index in [-0.39, 0.29) is 77.6 Å². The van der Waals surface area contributed by atoms with Crippen LogP contribution in [0.2, 0.25) is 0 Å². The number of rotatable bonds is 16. The van der Waals surface area contributed by atoms with Crippen LogP contribution in [0.1, 0.15) is 70.4 Å². The normalized spacial score (nSPS) is 16.2. The molecule has 2 saturated heterocycles. The lowest BCUT2D eigenvalue weighted by Crippen LogP contribution is -2.57. The van der Waals surface area contributed by atoms with Gasteiger partial charge < -0.3 is 33.4 Å². The quantitative estimate of drug-likeness (QED) is 0.0438. The van der Waals surface area contributed by atoms with Crippen molar-refractivity contribution in [3.63, 3.8) is 0 Å². The van der Waals surface area contributed by atoms with Crippen molar-refractivity contribution in [2.24, 2.45) is 0 Å². The average Bonchev–Trinajstić information content (AvgIpc) is 3.53. The predicted octanol–water partition coefficient (Wildman–Crippen LogP) is 10.3. The first kappa shape index (κ1) is 46.7. The van der Waals surface area contributed by atoms with Crippen LogP contribution in [0.3, 0.4) is 0 Å². The van der Waals surface area contributed by atoms with E-state index < -0.39 is 65.8 Å². The molecule has 2 fully saturated rings. The Kier molecular flexibility index (Phi) is 14.2. The molecule has 0 spiro atoms. The van der Waals surface area contributed by atoms with Crippen LogP contribution in [0.4, 0.5) is 43.0 Å². The third-order valence-corrected chi connectivity index (χ3v) is 11.1. The molecule has 18 heteroatoms. The van der Waals surface area contributed by atoms with Gasteiger partial charge in [-0.1, -0.05) is 42.8 Å². The number of aldehydes is 1. The van der Waals surface area contributed by atoms with Crippen molar-refractivity contribution >= 4 is 51.7 Å². The summed E-state index contributed by atoms with van der Waals surface area (Å²) < 4.78 is 102. The molecule has 2 amide bonds. The Hall–Kier alpha value is -6.30. The summed E-state index contributed by atoms with van der Waals surface area (Å²) in [6.07, 6.45) is -2.15. The number of piperazine rings is 1. The van der Waals surface area contributed by atoms with Crippen molar-refractivity contribution in [1.29, 1.82) is 0 Å². The minimum Gasteiger partial charge on any atom is -0.468 e. The first-order chi connectivity index (χ1) is 31.0. The number of ether oxygens (including phenoxy) is 5. The Morgan fingerprint density at radius 3 is 2.34 bits per heavy atom. The van der Waals surface area contributed by atoms with Crippen molar-refractivity contribution in [2.75, 3.05) is 43.8 Å². The van der Waals surface area contributed by atoms with Gasteiger partial charge in [-0.2, -0.15) is 23.1 Å². The number of alkyl halides is 3. The molecule has 1 N–H and O–H groups in total. The number of nitrogens with one attached hydrogen (secondary N) is 1. The number of methoxy groups -OCH3 is 1. The van der Waals surface area contributed by atoms with Crippen molar-refractivity contribution < 1.29 is 60.0 Å². The summed E-state index contributed by atoms with van der Waals surface area (Å²) in [4.78, 5) is 50.1. The van der Waals surface area contributed by atoms with Crippen LogP contribution in [0, 0.1) is 11.6 Å². The van der Waals surface area contributed by atoms with Gasteiger partial charge in [-0.05, 0) is 105 Å². The number of nitrogens with zero attached hydrogens (tertiary/aromatic N) is 4. The van der Waals surface area contributed by atoms with E-state index in [4.69, 9.17) is 23.7 Å². The fourth-order valence-corrected chi connectivity index (χ4v) is 8.41. The van der Waals surface area contributed by atoms with Gasteiger partial charge in [-0.25, -0.2) is 18.4 Å². The molecule has 13 nitrogen and oxygen atoms in total. The van der Waals surface area contributed by atoms with Gasteiger partial charge in [0.05, 0.1) is 17.8 Å². The summed E-state index contributed by atoms with van der Waals surface area (Å²) >= 11 is 0. The number of benzene rings is 4. The topological polar surface area (TPSA) is 142 Å². The van der Waals surface area contributed by atoms with Crippen LogP contribution in [-0.4, -0.2) is 90.8 Å². The largest absolute Gasteiger partial charge is 0.468 e. The standard InChI is InChI=1S/C47H50F5N5O8/c1-46(2,3)65-45(60)57-30-16-17-31(57)24-56(23-30)42-35-22-37(53-44(59)62-25-28-12-8-7-9-13-28)39(40(49)41(35)54-43(55-42)63-26-47(50,51)52)34-21-32(64-27-61-4)20-29-15-18-36(48)33(38(29)34)14-10-5-6-11-19-58/h7-9,12-13,15,18-22,30-31H,5-6,10-11,14,16-17,23-27H2,1-4H3,(H,53,59)/t30-,31+. The lowest BCUT2D eigenvalue weighted by Gasteiger charge is -2.42. The monoisotopic (exact) mass is 907 g/mol. The summed E-state index contributed by atoms with van der Waals surface area (Å²) in [5.41, 5.74) is -0.773. The molecule has 0 radical (unpaired) electrons.